The van der Waals surface area contributed by atoms with Gasteiger partial charge in [-0.3, -0.25) is 9.79 Å². The maximum atomic E-state index is 11.6. The highest BCUT2D eigenvalue weighted by Gasteiger charge is 2.09. The Hall–Kier alpha value is -1.31. The van der Waals surface area contributed by atoms with E-state index >= 15 is 0 Å². The number of carbonyl (C=O) groups excluding carboxylic acids is 1. The lowest BCUT2D eigenvalue weighted by atomic mass is 10.00. The summed E-state index contributed by atoms with van der Waals surface area (Å²) < 4.78 is 0. The molecule has 1 unspecified atom stereocenters. The van der Waals surface area contributed by atoms with E-state index in [0.29, 0.717) is 24.8 Å². The van der Waals surface area contributed by atoms with Gasteiger partial charge in [-0.25, -0.2) is 0 Å². The van der Waals surface area contributed by atoms with Gasteiger partial charge in [0.05, 0.1) is 6.04 Å². The molecular weight excluding hydrogens is 439 g/mol. The smallest absolute Gasteiger partial charge is 0.221 e. The van der Waals surface area contributed by atoms with Gasteiger partial charge in [-0.15, -0.1) is 24.0 Å². The van der Waals surface area contributed by atoms with Gasteiger partial charge in [0, 0.05) is 26.6 Å². The van der Waals surface area contributed by atoms with Gasteiger partial charge in [0.15, 0.2) is 5.96 Å². The van der Waals surface area contributed by atoms with Crippen molar-refractivity contribution in [3.8, 4) is 0 Å². The van der Waals surface area contributed by atoms with Crippen molar-refractivity contribution in [2.75, 3.05) is 20.1 Å². The number of hydrogen-bond donors (Lipinski definition) is 3. The number of halogens is 1. The molecule has 0 bridgehead atoms. The first-order chi connectivity index (χ1) is 12.0. The molecule has 6 heteroatoms. The van der Waals surface area contributed by atoms with Crippen LogP contribution in [0.15, 0.2) is 29.3 Å². The van der Waals surface area contributed by atoms with E-state index < -0.39 is 0 Å². The van der Waals surface area contributed by atoms with Crippen LogP contribution < -0.4 is 16.0 Å². The van der Waals surface area contributed by atoms with Crippen LogP contribution in [0.5, 0.6) is 0 Å². The van der Waals surface area contributed by atoms with E-state index in [9.17, 15) is 4.79 Å². The Morgan fingerprint density at radius 3 is 2.27 bits per heavy atom. The van der Waals surface area contributed by atoms with E-state index in [1.807, 2.05) is 6.92 Å². The van der Waals surface area contributed by atoms with E-state index in [-0.39, 0.29) is 35.9 Å². The molecule has 0 radical (unpaired) electrons. The number of guanidine groups is 1. The topological polar surface area (TPSA) is 65.5 Å². The molecule has 0 heterocycles. The molecule has 1 amide bonds. The third-order valence-electron chi connectivity index (χ3n) is 3.92. The fourth-order valence-electron chi connectivity index (χ4n) is 2.54. The average molecular weight is 474 g/mol. The fourth-order valence-corrected chi connectivity index (χ4v) is 2.54. The molecule has 0 aromatic heterocycles. The van der Waals surface area contributed by atoms with E-state index in [0.717, 1.165) is 19.4 Å². The molecule has 0 aliphatic rings. The second-order valence-electron chi connectivity index (χ2n) is 6.80. The number of amides is 1. The highest BCUT2D eigenvalue weighted by molar-refractivity contribution is 14.0. The minimum atomic E-state index is 0. The van der Waals surface area contributed by atoms with Crippen molar-refractivity contribution in [3.05, 3.63) is 35.4 Å². The summed E-state index contributed by atoms with van der Waals surface area (Å²) in [6.07, 6.45) is 2.50. The molecule has 3 N–H and O–H groups in total. The molecule has 0 saturated carbocycles. The predicted molar refractivity (Wildman–Crippen MR) is 121 cm³/mol. The van der Waals surface area contributed by atoms with Crippen LogP contribution in [0.1, 0.15) is 57.7 Å². The van der Waals surface area contributed by atoms with Crippen molar-refractivity contribution in [3.63, 3.8) is 0 Å². The van der Waals surface area contributed by atoms with Crippen molar-refractivity contribution >= 4 is 35.8 Å². The van der Waals surface area contributed by atoms with Crippen molar-refractivity contribution in [1.82, 2.24) is 16.0 Å². The Morgan fingerprint density at radius 2 is 1.73 bits per heavy atom. The maximum Gasteiger partial charge on any atom is 0.221 e. The zero-order chi connectivity index (χ0) is 18.7. The van der Waals surface area contributed by atoms with Crippen LogP contribution in [-0.4, -0.2) is 32.0 Å². The SMILES string of the molecule is CCCNC(=O)CCNC(=NC)NC(C)c1ccc(CC(C)C)cc1.I. The van der Waals surface area contributed by atoms with Gasteiger partial charge in [0.25, 0.3) is 0 Å². The normalized spacial score (nSPS) is 12.3. The van der Waals surface area contributed by atoms with Gasteiger partial charge < -0.3 is 16.0 Å². The van der Waals surface area contributed by atoms with Crippen LogP contribution in [0.25, 0.3) is 0 Å². The zero-order valence-electron chi connectivity index (χ0n) is 16.8. The lowest BCUT2D eigenvalue weighted by molar-refractivity contribution is -0.120. The number of aliphatic imine (C=N–C) groups is 1. The highest BCUT2D eigenvalue weighted by Crippen LogP contribution is 2.15. The molecule has 5 nitrogen and oxygen atoms in total. The molecule has 0 spiro atoms. The molecule has 0 fully saturated rings. The van der Waals surface area contributed by atoms with Gasteiger partial charge in [-0.05, 0) is 36.8 Å². The molecule has 0 aliphatic carbocycles. The van der Waals surface area contributed by atoms with Crippen LogP contribution in [-0.2, 0) is 11.2 Å². The molecule has 0 saturated heterocycles. The quantitative estimate of drug-likeness (QED) is 0.291. The molecule has 26 heavy (non-hydrogen) atoms. The first kappa shape index (κ1) is 24.7. The van der Waals surface area contributed by atoms with E-state index in [4.69, 9.17) is 0 Å². The van der Waals surface area contributed by atoms with Crippen molar-refractivity contribution in [2.24, 2.45) is 10.9 Å². The number of hydrogen-bond acceptors (Lipinski definition) is 2. The molecule has 1 aromatic carbocycles. The second kappa shape index (κ2) is 13.8. The van der Waals surface area contributed by atoms with E-state index in [2.05, 4.69) is 66.0 Å². The molecule has 1 aromatic rings. The Labute approximate surface area is 175 Å². The molecule has 1 rings (SSSR count). The lowest BCUT2D eigenvalue weighted by Crippen LogP contribution is -2.40. The van der Waals surface area contributed by atoms with Crippen molar-refractivity contribution < 1.29 is 4.79 Å². The number of nitrogens with zero attached hydrogens (tertiary/aromatic N) is 1. The van der Waals surface area contributed by atoms with E-state index in [1.54, 1.807) is 7.05 Å². The predicted octanol–water partition coefficient (Wildman–Crippen LogP) is 3.65. The van der Waals surface area contributed by atoms with Crippen LogP contribution in [0.3, 0.4) is 0 Å². The van der Waals surface area contributed by atoms with Crippen LogP contribution in [0, 0.1) is 5.92 Å². The summed E-state index contributed by atoms with van der Waals surface area (Å²) in [5.74, 6) is 1.44. The van der Waals surface area contributed by atoms with Crippen molar-refractivity contribution in [2.45, 2.75) is 53.0 Å². The van der Waals surface area contributed by atoms with Gasteiger partial charge >= 0.3 is 0 Å². The van der Waals surface area contributed by atoms with Crippen LogP contribution in [0.2, 0.25) is 0 Å². The molecular formula is C20H35IN4O. The Kier molecular flexibility index (Phi) is 13.1. The summed E-state index contributed by atoms with van der Waals surface area (Å²) in [5.41, 5.74) is 2.59. The van der Waals surface area contributed by atoms with Crippen molar-refractivity contribution in [1.29, 1.82) is 0 Å². The Morgan fingerprint density at radius 1 is 1.08 bits per heavy atom. The largest absolute Gasteiger partial charge is 0.356 e. The minimum absolute atomic E-state index is 0. The summed E-state index contributed by atoms with van der Waals surface area (Å²) in [6, 6.07) is 8.87. The third kappa shape index (κ3) is 9.99. The average Bonchev–Trinajstić information content (AvgIpc) is 2.59. The Balaban J connectivity index is 0.00000625. The lowest BCUT2D eigenvalue weighted by Gasteiger charge is -2.18. The summed E-state index contributed by atoms with van der Waals surface area (Å²) in [4.78, 5) is 15.8. The second-order valence-corrected chi connectivity index (χ2v) is 6.80. The summed E-state index contributed by atoms with van der Waals surface area (Å²) in [5, 5.41) is 9.43. The number of nitrogens with one attached hydrogen (secondary N) is 3. The van der Waals surface area contributed by atoms with Crippen LogP contribution >= 0.6 is 24.0 Å². The molecule has 0 aliphatic heterocycles. The first-order valence-corrected chi connectivity index (χ1v) is 9.29. The van der Waals surface area contributed by atoms with Gasteiger partial charge in [-0.2, -0.15) is 0 Å². The maximum absolute atomic E-state index is 11.6. The monoisotopic (exact) mass is 474 g/mol. The van der Waals surface area contributed by atoms with Gasteiger partial charge in [0.1, 0.15) is 0 Å². The number of carbonyl (C=O) groups is 1. The minimum Gasteiger partial charge on any atom is -0.356 e. The van der Waals surface area contributed by atoms with E-state index in [1.165, 1.54) is 11.1 Å². The Bertz CT molecular complexity index is 543. The summed E-state index contributed by atoms with van der Waals surface area (Å²) in [6.45, 7) is 9.91. The molecule has 1 atom stereocenters. The zero-order valence-corrected chi connectivity index (χ0v) is 19.1. The fraction of sp³-hybridized carbons (Fsp3) is 0.600. The standard InChI is InChI=1S/C20H34N4O.HI/c1-6-12-22-19(25)11-13-23-20(21-5)24-16(4)18-9-7-17(8-10-18)14-15(2)3;/h7-10,15-16H,6,11-14H2,1-5H3,(H,22,25)(H2,21,23,24);1H. The molecule has 148 valence electrons. The summed E-state index contributed by atoms with van der Waals surface area (Å²) >= 11 is 0. The van der Waals surface area contributed by atoms with Gasteiger partial charge in [-0.1, -0.05) is 45.0 Å². The third-order valence-corrected chi connectivity index (χ3v) is 3.92. The highest BCUT2D eigenvalue weighted by atomic mass is 127. The number of rotatable bonds is 9. The number of benzene rings is 1. The summed E-state index contributed by atoms with van der Waals surface area (Å²) in [7, 11) is 1.74. The van der Waals surface area contributed by atoms with Gasteiger partial charge in [0.2, 0.25) is 5.91 Å². The first-order valence-electron chi connectivity index (χ1n) is 9.29. The van der Waals surface area contributed by atoms with Crippen LogP contribution in [0.4, 0.5) is 0 Å².